The van der Waals surface area contributed by atoms with E-state index >= 15 is 0 Å². The molecule has 0 N–H and O–H groups in total. The van der Waals surface area contributed by atoms with Crippen molar-refractivity contribution >= 4 is 17.2 Å². The van der Waals surface area contributed by atoms with E-state index in [0.29, 0.717) is 29.6 Å². The highest BCUT2D eigenvalue weighted by atomic mass is 32.1. The first-order chi connectivity index (χ1) is 11.6. The van der Waals surface area contributed by atoms with Crippen LogP contribution in [-0.4, -0.2) is 48.2 Å². The molecule has 1 aromatic carbocycles. The summed E-state index contributed by atoms with van der Waals surface area (Å²) in [5, 5.41) is 2.52. The molecule has 3 heterocycles. The number of fused-ring (bicyclic) bond motifs is 1. The molecule has 2 aliphatic rings. The Morgan fingerprint density at radius 2 is 2.25 bits per heavy atom. The van der Waals surface area contributed by atoms with Gasteiger partial charge in [0.2, 0.25) is 0 Å². The van der Waals surface area contributed by atoms with Crippen molar-refractivity contribution in [1.29, 1.82) is 0 Å². The van der Waals surface area contributed by atoms with E-state index in [9.17, 15) is 4.79 Å². The number of methoxy groups -OCH3 is 1. The topological polar surface area (TPSA) is 60.9 Å². The van der Waals surface area contributed by atoms with E-state index in [4.69, 9.17) is 14.2 Å². The molecule has 1 atom stereocenters. The average molecular weight is 346 g/mol. The van der Waals surface area contributed by atoms with Crippen LogP contribution < -0.4 is 14.2 Å². The zero-order chi connectivity index (χ0) is 16.7. The van der Waals surface area contributed by atoms with E-state index in [0.717, 1.165) is 17.7 Å². The summed E-state index contributed by atoms with van der Waals surface area (Å²) in [4.78, 5) is 18.6. The summed E-state index contributed by atoms with van der Waals surface area (Å²) in [6, 6.07) is 3.67. The number of rotatable bonds is 4. The number of likely N-dealkylation sites (tertiary alicyclic amines) is 1. The number of thiazole rings is 1. The van der Waals surface area contributed by atoms with Crippen LogP contribution in [-0.2, 0) is 6.42 Å². The van der Waals surface area contributed by atoms with E-state index in [2.05, 4.69) is 4.98 Å². The number of nitrogens with zero attached hydrogens (tertiary/aromatic N) is 2. The highest BCUT2D eigenvalue weighted by Gasteiger charge is 2.34. The smallest absolute Gasteiger partial charge is 0.273 e. The van der Waals surface area contributed by atoms with E-state index in [1.807, 2.05) is 18.4 Å². The first-order valence-electron chi connectivity index (χ1n) is 7.87. The van der Waals surface area contributed by atoms with Crippen molar-refractivity contribution < 1.29 is 19.0 Å². The summed E-state index contributed by atoms with van der Waals surface area (Å²) < 4.78 is 16.9. The van der Waals surface area contributed by atoms with Gasteiger partial charge in [0, 0.05) is 29.1 Å². The molecule has 1 amide bonds. The van der Waals surface area contributed by atoms with Gasteiger partial charge in [0.25, 0.3) is 11.1 Å². The molecule has 0 bridgehead atoms. The van der Waals surface area contributed by atoms with Crippen molar-refractivity contribution in [2.75, 3.05) is 20.2 Å². The Morgan fingerprint density at radius 1 is 1.42 bits per heavy atom. The van der Waals surface area contributed by atoms with Crippen LogP contribution in [0, 0.1) is 0 Å². The predicted octanol–water partition coefficient (Wildman–Crippen LogP) is 2.38. The highest BCUT2D eigenvalue weighted by Crippen LogP contribution is 2.39. The van der Waals surface area contributed by atoms with Gasteiger partial charge in [-0.3, -0.25) is 4.79 Å². The molecule has 7 heteroatoms. The fourth-order valence-corrected chi connectivity index (χ4v) is 3.60. The summed E-state index contributed by atoms with van der Waals surface area (Å²) in [5.41, 5.74) is 1.66. The Labute approximate surface area is 144 Å². The zero-order valence-electron chi connectivity index (χ0n) is 13.5. The van der Waals surface area contributed by atoms with Crippen molar-refractivity contribution in [1.82, 2.24) is 9.88 Å². The number of amides is 1. The Balaban J connectivity index is 1.45. The van der Waals surface area contributed by atoms with Gasteiger partial charge in [0.05, 0.1) is 20.2 Å². The second-order valence-electron chi connectivity index (χ2n) is 6.05. The lowest BCUT2D eigenvalue weighted by atomic mass is 10.0. The van der Waals surface area contributed by atoms with Crippen molar-refractivity contribution in [2.24, 2.45) is 0 Å². The number of benzene rings is 1. The minimum absolute atomic E-state index is 0.00496. The van der Waals surface area contributed by atoms with Gasteiger partial charge in [-0.05, 0) is 19.1 Å². The van der Waals surface area contributed by atoms with Gasteiger partial charge in [-0.2, -0.15) is 0 Å². The molecule has 4 rings (SSSR count). The number of carbonyl (C=O) groups excluding carboxylic acids is 1. The number of hydrogen-bond acceptors (Lipinski definition) is 6. The van der Waals surface area contributed by atoms with E-state index in [-0.39, 0.29) is 18.1 Å². The molecule has 2 aliphatic heterocycles. The maximum absolute atomic E-state index is 12.7. The third-order valence-corrected chi connectivity index (χ3v) is 4.90. The lowest BCUT2D eigenvalue weighted by Crippen LogP contribution is -2.56. The van der Waals surface area contributed by atoms with Crippen LogP contribution in [0.3, 0.4) is 0 Å². The average Bonchev–Trinajstić information content (AvgIpc) is 3.16. The summed E-state index contributed by atoms with van der Waals surface area (Å²) in [5.74, 6) is 1.38. The Kier molecular flexibility index (Phi) is 3.80. The molecule has 1 fully saturated rings. The van der Waals surface area contributed by atoms with Gasteiger partial charge in [-0.1, -0.05) is 11.3 Å². The molecule has 0 saturated carbocycles. The lowest BCUT2D eigenvalue weighted by Gasteiger charge is -2.38. The number of ether oxygens (including phenoxy) is 3. The van der Waals surface area contributed by atoms with Crippen LogP contribution >= 0.6 is 11.3 Å². The predicted molar refractivity (Wildman–Crippen MR) is 89.2 cm³/mol. The largest absolute Gasteiger partial charge is 0.493 e. The Morgan fingerprint density at radius 3 is 2.96 bits per heavy atom. The highest BCUT2D eigenvalue weighted by molar-refractivity contribution is 7.11. The molecule has 126 valence electrons. The molecule has 24 heavy (non-hydrogen) atoms. The Bertz CT molecular complexity index is 756. The summed E-state index contributed by atoms with van der Waals surface area (Å²) in [7, 11) is 1.59. The minimum Gasteiger partial charge on any atom is -0.493 e. The number of carbonyl (C=O) groups is 1. The molecular weight excluding hydrogens is 328 g/mol. The van der Waals surface area contributed by atoms with Gasteiger partial charge >= 0.3 is 0 Å². The van der Waals surface area contributed by atoms with Crippen LogP contribution in [0.1, 0.15) is 22.8 Å². The molecule has 0 radical (unpaired) electrons. The quantitative estimate of drug-likeness (QED) is 0.851. The standard InChI is InChI=1S/C17H18N2O4S/c1-10-5-11-6-12(7-14(21-2)15(11)22-10)16(20)19-8-13(9-19)23-17-18-3-4-24-17/h3-4,6-7,10,13H,5,8-9H2,1-2H3. The van der Waals surface area contributed by atoms with Crippen LogP contribution in [0.4, 0.5) is 0 Å². The first kappa shape index (κ1) is 15.3. The van der Waals surface area contributed by atoms with Crippen molar-refractivity contribution in [3.63, 3.8) is 0 Å². The van der Waals surface area contributed by atoms with Crippen LogP contribution in [0.5, 0.6) is 16.7 Å². The third-order valence-electron chi connectivity index (χ3n) is 4.24. The SMILES string of the molecule is COc1cc(C(=O)N2CC(Oc3nccs3)C2)cc2c1OC(C)C2. The van der Waals surface area contributed by atoms with Gasteiger partial charge in [-0.15, -0.1) is 0 Å². The van der Waals surface area contributed by atoms with E-state index in [1.165, 1.54) is 11.3 Å². The van der Waals surface area contributed by atoms with E-state index in [1.54, 1.807) is 24.3 Å². The summed E-state index contributed by atoms with van der Waals surface area (Å²) in [6.45, 7) is 3.16. The maximum Gasteiger partial charge on any atom is 0.273 e. The van der Waals surface area contributed by atoms with Crippen LogP contribution in [0.25, 0.3) is 0 Å². The molecule has 1 saturated heterocycles. The molecule has 1 unspecified atom stereocenters. The van der Waals surface area contributed by atoms with Gasteiger partial charge < -0.3 is 19.1 Å². The molecule has 1 aromatic heterocycles. The van der Waals surface area contributed by atoms with Gasteiger partial charge in [0.1, 0.15) is 12.2 Å². The number of aromatic nitrogens is 1. The minimum atomic E-state index is -0.00496. The number of hydrogen-bond donors (Lipinski definition) is 0. The zero-order valence-corrected chi connectivity index (χ0v) is 14.3. The fourth-order valence-electron chi connectivity index (χ4n) is 3.05. The van der Waals surface area contributed by atoms with Crippen LogP contribution in [0.2, 0.25) is 0 Å². The third kappa shape index (κ3) is 2.69. The maximum atomic E-state index is 12.7. The monoisotopic (exact) mass is 346 g/mol. The van der Waals surface area contributed by atoms with Gasteiger partial charge in [-0.25, -0.2) is 4.98 Å². The molecule has 0 aliphatic carbocycles. The van der Waals surface area contributed by atoms with Crippen LogP contribution in [0.15, 0.2) is 23.7 Å². The Hall–Kier alpha value is -2.28. The summed E-state index contributed by atoms with van der Waals surface area (Å²) >= 11 is 1.46. The first-order valence-corrected chi connectivity index (χ1v) is 8.75. The second kappa shape index (κ2) is 5.98. The molecule has 0 spiro atoms. The van der Waals surface area contributed by atoms with Crippen molar-refractivity contribution in [3.05, 3.63) is 34.8 Å². The van der Waals surface area contributed by atoms with E-state index < -0.39 is 0 Å². The molecular formula is C17H18N2O4S. The van der Waals surface area contributed by atoms with Crippen molar-refractivity contribution in [2.45, 2.75) is 25.6 Å². The van der Waals surface area contributed by atoms with Crippen molar-refractivity contribution in [3.8, 4) is 16.7 Å². The molecule has 2 aromatic rings. The normalized spacial score (nSPS) is 19.4. The molecule has 6 nitrogen and oxygen atoms in total. The fraction of sp³-hybridized carbons (Fsp3) is 0.412. The summed E-state index contributed by atoms with van der Waals surface area (Å²) in [6.07, 6.45) is 2.63. The lowest BCUT2D eigenvalue weighted by molar-refractivity contribution is 0.0177. The van der Waals surface area contributed by atoms with Gasteiger partial charge in [0.15, 0.2) is 11.5 Å². The second-order valence-corrected chi connectivity index (χ2v) is 6.90.